The zero-order valence-corrected chi connectivity index (χ0v) is 13.8. The molecular formula is C21H20N2O. The first kappa shape index (κ1) is 16.0. The van der Waals surface area contributed by atoms with Gasteiger partial charge in [0, 0.05) is 13.1 Å². The lowest BCUT2D eigenvalue weighted by Gasteiger charge is -2.28. The molecular weight excluding hydrogens is 296 g/mol. The molecule has 3 heteroatoms. The number of amides is 1. The Hall–Kier alpha value is -2.86. The second kappa shape index (κ2) is 7.14. The van der Waals surface area contributed by atoms with Gasteiger partial charge in [-0.2, -0.15) is 5.26 Å². The SMILES string of the molecule is CCc1ccc(/C=C(\C#N)C(=O)N2CCc3ccccc3C2)cc1. The molecule has 24 heavy (non-hydrogen) atoms. The van der Waals surface area contributed by atoms with Crippen molar-refractivity contribution < 1.29 is 4.79 Å². The van der Waals surface area contributed by atoms with E-state index in [1.165, 1.54) is 16.7 Å². The van der Waals surface area contributed by atoms with Crippen molar-refractivity contribution in [2.75, 3.05) is 6.54 Å². The van der Waals surface area contributed by atoms with Crippen molar-refractivity contribution >= 4 is 12.0 Å². The predicted octanol–water partition coefficient (Wildman–Crippen LogP) is 3.74. The lowest BCUT2D eigenvalue weighted by Crippen LogP contribution is -2.36. The van der Waals surface area contributed by atoms with E-state index in [9.17, 15) is 10.1 Å². The van der Waals surface area contributed by atoms with Crippen LogP contribution in [0.3, 0.4) is 0 Å². The molecule has 1 heterocycles. The number of nitrogens with zero attached hydrogens (tertiary/aromatic N) is 2. The summed E-state index contributed by atoms with van der Waals surface area (Å²) in [6.45, 7) is 3.33. The Kier molecular flexibility index (Phi) is 4.77. The summed E-state index contributed by atoms with van der Waals surface area (Å²) in [6.07, 6.45) is 3.50. The lowest BCUT2D eigenvalue weighted by atomic mass is 9.99. The maximum Gasteiger partial charge on any atom is 0.264 e. The Morgan fingerprint density at radius 3 is 2.54 bits per heavy atom. The van der Waals surface area contributed by atoms with Gasteiger partial charge in [-0.05, 0) is 41.2 Å². The molecule has 0 saturated heterocycles. The standard InChI is InChI=1S/C21H20N2O/c1-2-16-7-9-17(10-8-16)13-20(14-22)21(24)23-12-11-18-5-3-4-6-19(18)15-23/h3-10,13H,2,11-12,15H2,1H3/b20-13+. The van der Waals surface area contributed by atoms with Crippen molar-refractivity contribution in [2.45, 2.75) is 26.3 Å². The molecule has 1 aliphatic heterocycles. The first-order valence-corrected chi connectivity index (χ1v) is 8.28. The van der Waals surface area contributed by atoms with Gasteiger partial charge in [0.1, 0.15) is 11.6 Å². The van der Waals surface area contributed by atoms with Gasteiger partial charge in [-0.1, -0.05) is 55.5 Å². The molecule has 0 spiro atoms. The van der Waals surface area contributed by atoms with E-state index >= 15 is 0 Å². The Labute approximate surface area is 142 Å². The summed E-state index contributed by atoms with van der Waals surface area (Å²) in [6, 6.07) is 18.2. The molecule has 3 nitrogen and oxygen atoms in total. The number of nitriles is 1. The Morgan fingerprint density at radius 1 is 1.17 bits per heavy atom. The van der Waals surface area contributed by atoms with Gasteiger partial charge in [-0.3, -0.25) is 4.79 Å². The van der Waals surface area contributed by atoms with Crippen molar-refractivity contribution in [2.24, 2.45) is 0 Å². The smallest absolute Gasteiger partial charge is 0.264 e. The Balaban J connectivity index is 1.79. The minimum atomic E-state index is -0.188. The van der Waals surface area contributed by atoms with Gasteiger partial charge < -0.3 is 4.90 Å². The second-order valence-corrected chi connectivity index (χ2v) is 6.01. The zero-order chi connectivity index (χ0) is 16.9. The third kappa shape index (κ3) is 3.38. The van der Waals surface area contributed by atoms with Crippen LogP contribution in [0.2, 0.25) is 0 Å². The fraction of sp³-hybridized carbons (Fsp3) is 0.238. The maximum atomic E-state index is 12.7. The summed E-state index contributed by atoms with van der Waals surface area (Å²) < 4.78 is 0. The minimum Gasteiger partial charge on any atom is -0.333 e. The van der Waals surface area contributed by atoms with Crippen LogP contribution >= 0.6 is 0 Å². The number of benzene rings is 2. The van der Waals surface area contributed by atoms with Gasteiger partial charge in [0.15, 0.2) is 0 Å². The van der Waals surface area contributed by atoms with Crippen LogP contribution in [0, 0.1) is 11.3 Å². The number of carbonyl (C=O) groups is 1. The van der Waals surface area contributed by atoms with E-state index in [1.54, 1.807) is 11.0 Å². The molecule has 2 aromatic rings. The van der Waals surface area contributed by atoms with Crippen LogP contribution in [0.25, 0.3) is 6.08 Å². The number of carbonyl (C=O) groups excluding carboxylic acids is 1. The molecule has 3 rings (SSSR count). The van der Waals surface area contributed by atoms with E-state index in [-0.39, 0.29) is 11.5 Å². The molecule has 2 aromatic carbocycles. The number of fused-ring (bicyclic) bond motifs is 1. The molecule has 0 aliphatic carbocycles. The average Bonchev–Trinajstić information content (AvgIpc) is 2.65. The topological polar surface area (TPSA) is 44.1 Å². The summed E-state index contributed by atoms with van der Waals surface area (Å²) in [5.41, 5.74) is 4.78. The highest BCUT2D eigenvalue weighted by Gasteiger charge is 2.23. The maximum absolute atomic E-state index is 12.7. The number of aryl methyl sites for hydroxylation is 1. The van der Waals surface area contributed by atoms with E-state index < -0.39 is 0 Å². The third-order valence-electron chi connectivity index (χ3n) is 4.47. The Morgan fingerprint density at radius 2 is 1.88 bits per heavy atom. The van der Waals surface area contributed by atoms with Crippen LogP contribution in [0.5, 0.6) is 0 Å². The van der Waals surface area contributed by atoms with E-state index in [1.807, 2.05) is 42.5 Å². The molecule has 120 valence electrons. The second-order valence-electron chi connectivity index (χ2n) is 6.01. The predicted molar refractivity (Wildman–Crippen MR) is 95.0 cm³/mol. The number of hydrogen-bond acceptors (Lipinski definition) is 2. The molecule has 0 fully saturated rings. The lowest BCUT2D eigenvalue weighted by molar-refractivity contribution is -0.127. The highest BCUT2D eigenvalue weighted by atomic mass is 16.2. The van der Waals surface area contributed by atoms with Crippen molar-refractivity contribution in [3.05, 3.63) is 76.4 Å². The minimum absolute atomic E-state index is 0.188. The van der Waals surface area contributed by atoms with E-state index in [2.05, 4.69) is 19.1 Å². The molecule has 0 radical (unpaired) electrons. The van der Waals surface area contributed by atoms with Crippen LogP contribution in [-0.2, 0) is 24.2 Å². The van der Waals surface area contributed by atoms with Crippen molar-refractivity contribution in [3.8, 4) is 6.07 Å². The van der Waals surface area contributed by atoms with Crippen LogP contribution in [0.4, 0.5) is 0 Å². The molecule has 0 unspecified atom stereocenters. The monoisotopic (exact) mass is 316 g/mol. The molecule has 0 bridgehead atoms. The fourth-order valence-electron chi connectivity index (χ4n) is 3.00. The van der Waals surface area contributed by atoms with Gasteiger partial charge in [0.25, 0.3) is 5.91 Å². The highest BCUT2D eigenvalue weighted by molar-refractivity contribution is 6.01. The largest absolute Gasteiger partial charge is 0.333 e. The third-order valence-corrected chi connectivity index (χ3v) is 4.47. The molecule has 0 aromatic heterocycles. The van der Waals surface area contributed by atoms with Crippen molar-refractivity contribution in [1.29, 1.82) is 5.26 Å². The van der Waals surface area contributed by atoms with Crippen molar-refractivity contribution in [3.63, 3.8) is 0 Å². The summed E-state index contributed by atoms with van der Waals surface area (Å²) in [7, 11) is 0. The molecule has 0 saturated carbocycles. The highest BCUT2D eigenvalue weighted by Crippen LogP contribution is 2.20. The van der Waals surface area contributed by atoms with Gasteiger partial charge in [-0.25, -0.2) is 0 Å². The summed E-state index contributed by atoms with van der Waals surface area (Å²) in [4.78, 5) is 14.5. The normalized spacial score (nSPS) is 14.0. The number of hydrogen-bond donors (Lipinski definition) is 0. The van der Waals surface area contributed by atoms with Crippen LogP contribution < -0.4 is 0 Å². The first-order chi connectivity index (χ1) is 11.7. The summed E-state index contributed by atoms with van der Waals surface area (Å²) >= 11 is 0. The van der Waals surface area contributed by atoms with Crippen LogP contribution in [0.1, 0.15) is 29.2 Å². The van der Waals surface area contributed by atoms with E-state index in [0.29, 0.717) is 13.1 Å². The van der Waals surface area contributed by atoms with Gasteiger partial charge >= 0.3 is 0 Å². The number of rotatable bonds is 3. The summed E-state index contributed by atoms with van der Waals surface area (Å²) in [5, 5.41) is 9.42. The average molecular weight is 316 g/mol. The van der Waals surface area contributed by atoms with Gasteiger partial charge in [0.2, 0.25) is 0 Å². The zero-order valence-electron chi connectivity index (χ0n) is 13.8. The van der Waals surface area contributed by atoms with Gasteiger partial charge in [0.05, 0.1) is 0 Å². The molecule has 0 atom stereocenters. The van der Waals surface area contributed by atoms with Gasteiger partial charge in [-0.15, -0.1) is 0 Å². The van der Waals surface area contributed by atoms with E-state index in [4.69, 9.17) is 0 Å². The Bertz CT molecular complexity index is 812. The fourth-order valence-corrected chi connectivity index (χ4v) is 3.00. The van der Waals surface area contributed by atoms with Crippen LogP contribution in [-0.4, -0.2) is 17.4 Å². The van der Waals surface area contributed by atoms with Crippen molar-refractivity contribution in [1.82, 2.24) is 4.90 Å². The summed E-state index contributed by atoms with van der Waals surface area (Å²) in [5.74, 6) is -0.188. The molecule has 1 amide bonds. The van der Waals surface area contributed by atoms with E-state index in [0.717, 1.165) is 18.4 Å². The molecule has 0 N–H and O–H groups in total. The quantitative estimate of drug-likeness (QED) is 0.639. The van der Waals surface area contributed by atoms with Crippen LogP contribution in [0.15, 0.2) is 54.1 Å². The molecule has 1 aliphatic rings. The first-order valence-electron chi connectivity index (χ1n) is 8.28.